The van der Waals surface area contributed by atoms with Crippen molar-refractivity contribution in [1.82, 2.24) is 9.55 Å². The Morgan fingerprint density at radius 1 is 1.13 bits per heavy atom. The second-order valence-corrected chi connectivity index (χ2v) is 7.18. The number of anilines is 3. The summed E-state index contributed by atoms with van der Waals surface area (Å²) in [5.41, 5.74) is 5.83. The van der Waals surface area contributed by atoms with Gasteiger partial charge < -0.3 is 11.1 Å². The summed E-state index contributed by atoms with van der Waals surface area (Å²) in [5.74, 6) is -0.112. The van der Waals surface area contributed by atoms with Crippen molar-refractivity contribution in [2.24, 2.45) is 0 Å². The minimum absolute atomic E-state index is 0.112. The van der Waals surface area contributed by atoms with Crippen molar-refractivity contribution in [3.05, 3.63) is 85.0 Å². The Labute approximate surface area is 181 Å². The van der Waals surface area contributed by atoms with Gasteiger partial charge in [-0.25, -0.2) is 9.59 Å². The molecule has 10 heteroatoms. The standard InChI is InChI=1S/C20H19Cl2N5O3/c1-2-26(19(29)24-13-8-9-14(21)15(22)10-13)16-17(23)27(20(30)25-18(16)28)11-12-6-4-3-5-7-12/h3-10H,2,11,23H2,1H3,(H,24,29)(H,25,28,30). The zero-order chi connectivity index (χ0) is 21.8. The van der Waals surface area contributed by atoms with E-state index in [2.05, 4.69) is 10.3 Å². The lowest BCUT2D eigenvalue weighted by atomic mass is 10.2. The summed E-state index contributed by atoms with van der Waals surface area (Å²) in [6.45, 7) is 1.95. The van der Waals surface area contributed by atoms with Gasteiger partial charge in [-0.15, -0.1) is 0 Å². The number of H-pyrrole nitrogens is 1. The highest BCUT2D eigenvalue weighted by molar-refractivity contribution is 6.42. The molecule has 1 heterocycles. The molecule has 2 amide bonds. The summed E-state index contributed by atoms with van der Waals surface area (Å²) in [5, 5.41) is 3.26. The van der Waals surface area contributed by atoms with Gasteiger partial charge in [-0.3, -0.25) is 19.2 Å². The fourth-order valence-corrected chi connectivity index (χ4v) is 3.23. The molecular weight excluding hydrogens is 429 g/mol. The number of aromatic nitrogens is 2. The number of carbonyl (C=O) groups excluding carboxylic acids is 1. The topological polar surface area (TPSA) is 113 Å². The van der Waals surface area contributed by atoms with Gasteiger partial charge in [0.25, 0.3) is 5.56 Å². The summed E-state index contributed by atoms with van der Waals surface area (Å²) in [4.78, 5) is 41.1. The number of rotatable bonds is 5. The van der Waals surface area contributed by atoms with E-state index in [0.29, 0.717) is 10.7 Å². The molecule has 8 nitrogen and oxygen atoms in total. The SMILES string of the molecule is CCN(C(=O)Nc1ccc(Cl)c(Cl)c1)c1c(N)n(Cc2ccccc2)c(=O)[nH]c1=O. The van der Waals surface area contributed by atoms with Gasteiger partial charge in [0.15, 0.2) is 5.69 Å². The number of halogens is 2. The summed E-state index contributed by atoms with van der Waals surface area (Å²) in [7, 11) is 0. The highest BCUT2D eigenvalue weighted by Gasteiger charge is 2.23. The van der Waals surface area contributed by atoms with Crippen LogP contribution >= 0.6 is 23.2 Å². The van der Waals surface area contributed by atoms with Crippen molar-refractivity contribution in [2.75, 3.05) is 22.5 Å². The normalized spacial score (nSPS) is 10.6. The summed E-state index contributed by atoms with van der Waals surface area (Å²) >= 11 is 11.9. The molecule has 0 saturated heterocycles. The number of hydrogen-bond donors (Lipinski definition) is 3. The van der Waals surface area contributed by atoms with Gasteiger partial charge in [0.2, 0.25) is 0 Å². The van der Waals surface area contributed by atoms with E-state index < -0.39 is 17.3 Å². The first kappa shape index (κ1) is 21.5. The molecule has 0 aliphatic carbocycles. The molecule has 2 aromatic carbocycles. The van der Waals surface area contributed by atoms with Crippen molar-refractivity contribution < 1.29 is 4.79 Å². The average Bonchev–Trinajstić information content (AvgIpc) is 2.71. The largest absolute Gasteiger partial charge is 0.383 e. The fourth-order valence-electron chi connectivity index (χ4n) is 2.93. The van der Waals surface area contributed by atoms with E-state index in [1.807, 2.05) is 30.3 Å². The Bertz CT molecular complexity index is 1190. The van der Waals surface area contributed by atoms with Gasteiger partial charge in [-0.05, 0) is 30.7 Å². The van der Waals surface area contributed by atoms with Crippen molar-refractivity contribution in [2.45, 2.75) is 13.5 Å². The number of aromatic amines is 1. The summed E-state index contributed by atoms with van der Waals surface area (Å²) in [6.07, 6.45) is 0. The van der Waals surface area contributed by atoms with Gasteiger partial charge >= 0.3 is 11.7 Å². The zero-order valence-electron chi connectivity index (χ0n) is 16.0. The highest BCUT2D eigenvalue weighted by Crippen LogP contribution is 2.26. The van der Waals surface area contributed by atoms with Crippen LogP contribution in [0.5, 0.6) is 0 Å². The number of nitrogens with one attached hydrogen (secondary N) is 2. The van der Waals surface area contributed by atoms with Gasteiger partial charge in [0.1, 0.15) is 5.82 Å². The Morgan fingerprint density at radius 2 is 1.83 bits per heavy atom. The second-order valence-electron chi connectivity index (χ2n) is 6.37. The monoisotopic (exact) mass is 447 g/mol. The van der Waals surface area contributed by atoms with E-state index in [1.54, 1.807) is 13.0 Å². The van der Waals surface area contributed by atoms with E-state index >= 15 is 0 Å². The van der Waals surface area contributed by atoms with Crippen molar-refractivity contribution in [3.8, 4) is 0 Å². The molecule has 0 aliphatic heterocycles. The third-order valence-electron chi connectivity index (χ3n) is 4.40. The smallest absolute Gasteiger partial charge is 0.330 e. The van der Waals surface area contributed by atoms with Gasteiger partial charge in [-0.1, -0.05) is 53.5 Å². The molecule has 3 rings (SSSR count). The number of benzene rings is 2. The minimum atomic E-state index is -0.757. The van der Waals surface area contributed by atoms with Gasteiger partial charge in [-0.2, -0.15) is 0 Å². The van der Waals surface area contributed by atoms with Gasteiger partial charge in [0.05, 0.1) is 16.6 Å². The summed E-state index contributed by atoms with van der Waals surface area (Å²) in [6, 6.07) is 13.1. The number of nitrogens with zero attached hydrogens (tertiary/aromatic N) is 2. The van der Waals surface area contributed by atoms with Crippen LogP contribution in [0.25, 0.3) is 0 Å². The Balaban J connectivity index is 1.98. The summed E-state index contributed by atoms with van der Waals surface area (Å²) < 4.78 is 1.21. The molecule has 0 bridgehead atoms. The molecular formula is C20H19Cl2N5O3. The van der Waals surface area contributed by atoms with E-state index in [1.165, 1.54) is 16.7 Å². The number of amides is 2. The van der Waals surface area contributed by atoms with E-state index in [-0.39, 0.29) is 29.6 Å². The van der Waals surface area contributed by atoms with Crippen LogP contribution in [-0.4, -0.2) is 22.1 Å². The Kier molecular flexibility index (Phi) is 6.49. The Hall–Kier alpha value is -3.23. The van der Waals surface area contributed by atoms with E-state index in [4.69, 9.17) is 28.9 Å². The van der Waals surface area contributed by atoms with Crippen molar-refractivity contribution in [3.63, 3.8) is 0 Å². The molecule has 0 unspecified atom stereocenters. The number of nitrogen functional groups attached to an aromatic ring is 1. The second kappa shape index (κ2) is 9.06. The fraction of sp³-hybridized carbons (Fsp3) is 0.150. The van der Waals surface area contributed by atoms with Crippen LogP contribution in [0.3, 0.4) is 0 Å². The van der Waals surface area contributed by atoms with Crippen LogP contribution in [0.2, 0.25) is 10.0 Å². The molecule has 3 aromatic rings. The maximum Gasteiger partial charge on any atom is 0.330 e. The lowest BCUT2D eigenvalue weighted by molar-refractivity contribution is 0.257. The first-order valence-corrected chi connectivity index (χ1v) is 9.77. The number of urea groups is 1. The number of carbonyl (C=O) groups is 1. The quantitative estimate of drug-likeness (QED) is 0.554. The Morgan fingerprint density at radius 3 is 2.47 bits per heavy atom. The van der Waals surface area contributed by atoms with Crippen LogP contribution < -0.4 is 27.2 Å². The molecule has 0 spiro atoms. The molecule has 30 heavy (non-hydrogen) atoms. The maximum atomic E-state index is 12.8. The van der Waals surface area contributed by atoms with Crippen LogP contribution in [0, 0.1) is 0 Å². The third-order valence-corrected chi connectivity index (χ3v) is 5.14. The predicted octanol–water partition coefficient (Wildman–Crippen LogP) is 3.53. The zero-order valence-corrected chi connectivity index (χ0v) is 17.5. The van der Waals surface area contributed by atoms with E-state index in [9.17, 15) is 14.4 Å². The van der Waals surface area contributed by atoms with Crippen LogP contribution in [0.4, 0.5) is 22.0 Å². The van der Waals surface area contributed by atoms with Crippen LogP contribution in [-0.2, 0) is 6.54 Å². The van der Waals surface area contributed by atoms with Crippen molar-refractivity contribution in [1.29, 1.82) is 0 Å². The highest BCUT2D eigenvalue weighted by atomic mass is 35.5. The average molecular weight is 448 g/mol. The third kappa shape index (κ3) is 4.50. The lowest BCUT2D eigenvalue weighted by Crippen LogP contribution is -2.43. The molecule has 0 atom stereocenters. The molecule has 0 fully saturated rings. The first-order chi connectivity index (χ1) is 14.3. The molecule has 4 N–H and O–H groups in total. The van der Waals surface area contributed by atoms with Gasteiger partial charge in [0, 0.05) is 12.2 Å². The molecule has 156 valence electrons. The molecule has 1 aromatic heterocycles. The van der Waals surface area contributed by atoms with E-state index in [0.717, 1.165) is 10.5 Å². The first-order valence-electron chi connectivity index (χ1n) is 9.02. The molecule has 0 saturated carbocycles. The lowest BCUT2D eigenvalue weighted by Gasteiger charge is -2.23. The number of hydrogen-bond acceptors (Lipinski definition) is 4. The molecule has 0 radical (unpaired) electrons. The minimum Gasteiger partial charge on any atom is -0.383 e. The van der Waals surface area contributed by atoms with Crippen molar-refractivity contribution >= 4 is 46.4 Å². The van der Waals surface area contributed by atoms with Crippen LogP contribution in [0.1, 0.15) is 12.5 Å². The number of nitrogens with two attached hydrogens (primary N) is 1. The maximum absolute atomic E-state index is 12.8. The molecule has 0 aliphatic rings. The predicted molar refractivity (Wildman–Crippen MR) is 120 cm³/mol. The van der Waals surface area contributed by atoms with Crippen LogP contribution in [0.15, 0.2) is 58.1 Å².